The number of hydrogen-bond acceptors (Lipinski definition) is 4. The normalized spacial score (nSPS) is 10.6. The average Bonchev–Trinajstić information content (AvgIpc) is 2.57. The van der Waals surface area contributed by atoms with E-state index in [4.69, 9.17) is 9.47 Å². The van der Waals surface area contributed by atoms with Crippen LogP contribution in [0.25, 0.3) is 10.8 Å². The van der Waals surface area contributed by atoms with Crippen molar-refractivity contribution in [3.05, 3.63) is 60.8 Å². The van der Waals surface area contributed by atoms with Crippen LogP contribution in [0, 0.1) is 0 Å². The van der Waals surface area contributed by atoms with Crippen molar-refractivity contribution in [2.45, 2.75) is 0 Å². The van der Waals surface area contributed by atoms with E-state index in [0.29, 0.717) is 12.5 Å². The summed E-state index contributed by atoms with van der Waals surface area (Å²) in [4.78, 5) is 4.37. The summed E-state index contributed by atoms with van der Waals surface area (Å²) in [6.07, 6.45) is 1.77. The van der Waals surface area contributed by atoms with E-state index in [9.17, 15) is 0 Å². The monoisotopic (exact) mass is 294 g/mol. The van der Waals surface area contributed by atoms with Gasteiger partial charge >= 0.3 is 0 Å². The molecular formula is C18H18N2O2. The molecule has 0 aliphatic carbocycles. The van der Waals surface area contributed by atoms with Crippen molar-refractivity contribution in [2.24, 2.45) is 0 Å². The van der Waals surface area contributed by atoms with Gasteiger partial charge in [-0.15, -0.1) is 0 Å². The third-order valence-electron chi connectivity index (χ3n) is 3.35. The quantitative estimate of drug-likeness (QED) is 0.696. The minimum absolute atomic E-state index is 0.610. The van der Waals surface area contributed by atoms with Gasteiger partial charge in [0.1, 0.15) is 5.75 Å². The number of rotatable bonds is 6. The van der Waals surface area contributed by atoms with Crippen molar-refractivity contribution in [1.82, 2.24) is 4.98 Å². The lowest BCUT2D eigenvalue weighted by Crippen LogP contribution is -2.07. The zero-order valence-corrected chi connectivity index (χ0v) is 12.5. The van der Waals surface area contributed by atoms with E-state index in [0.717, 1.165) is 28.8 Å². The van der Waals surface area contributed by atoms with Gasteiger partial charge in [-0.1, -0.05) is 24.3 Å². The SMILES string of the molecule is COCCNc1cccc2c(Oc3ccccc3)nccc12. The van der Waals surface area contributed by atoms with E-state index < -0.39 is 0 Å². The van der Waals surface area contributed by atoms with Crippen LogP contribution in [0.3, 0.4) is 0 Å². The number of anilines is 1. The lowest BCUT2D eigenvalue weighted by molar-refractivity contribution is 0.211. The Labute approximate surface area is 129 Å². The Morgan fingerprint density at radius 1 is 0.955 bits per heavy atom. The summed E-state index contributed by atoms with van der Waals surface area (Å²) >= 11 is 0. The summed E-state index contributed by atoms with van der Waals surface area (Å²) in [6, 6.07) is 17.7. The smallest absolute Gasteiger partial charge is 0.227 e. The number of nitrogens with zero attached hydrogens (tertiary/aromatic N) is 1. The molecule has 3 rings (SSSR count). The molecule has 0 aliphatic rings. The molecule has 0 fully saturated rings. The Bertz CT molecular complexity index is 744. The maximum Gasteiger partial charge on any atom is 0.227 e. The molecule has 0 amide bonds. The van der Waals surface area contributed by atoms with Crippen LogP contribution in [0.2, 0.25) is 0 Å². The summed E-state index contributed by atoms with van der Waals surface area (Å²) in [5.74, 6) is 1.39. The van der Waals surface area contributed by atoms with Crippen LogP contribution in [-0.4, -0.2) is 25.2 Å². The molecule has 3 aromatic rings. The second kappa shape index (κ2) is 6.91. The highest BCUT2D eigenvalue weighted by molar-refractivity contribution is 5.96. The average molecular weight is 294 g/mol. The fourth-order valence-electron chi connectivity index (χ4n) is 2.30. The van der Waals surface area contributed by atoms with Gasteiger partial charge in [0.15, 0.2) is 0 Å². The summed E-state index contributed by atoms with van der Waals surface area (Å²) in [6.45, 7) is 1.42. The third kappa shape index (κ3) is 3.18. The third-order valence-corrected chi connectivity index (χ3v) is 3.35. The van der Waals surface area contributed by atoms with Crippen LogP contribution in [0.1, 0.15) is 0 Å². The van der Waals surface area contributed by atoms with Crippen LogP contribution < -0.4 is 10.1 Å². The predicted molar refractivity (Wildman–Crippen MR) is 88.6 cm³/mol. The molecule has 0 saturated heterocycles. The molecule has 1 heterocycles. The van der Waals surface area contributed by atoms with Gasteiger partial charge in [0.2, 0.25) is 5.88 Å². The minimum Gasteiger partial charge on any atom is -0.438 e. The largest absolute Gasteiger partial charge is 0.438 e. The number of fused-ring (bicyclic) bond motifs is 1. The van der Waals surface area contributed by atoms with Gasteiger partial charge in [0.25, 0.3) is 0 Å². The Balaban J connectivity index is 1.93. The van der Waals surface area contributed by atoms with Crippen molar-refractivity contribution < 1.29 is 9.47 Å². The molecule has 0 aliphatic heterocycles. The number of nitrogens with one attached hydrogen (secondary N) is 1. The van der Waals surface area contributed by atoms with Gasteiger partial charge < -0.3 is 14.8 Å². The molecule has 0 radical (unpaired) electrons. The molecule has 22 heavy (non-hydrogen) atoms. The first-order valence-electron chi connectivity index (χ1n) is 7.22. The first-order valence-corrected chi connectivity index (χ1v) is 7.22. The maximum atomic E-state index is 5.91. The Morgan fingerprint density at radius 2 is 1.82 bits per heavy atom. The highest BCUT2D eigenvalue weighted by atomic mass is 16.5. The predicted octanol–water partition coefficient (Wildman–Crippen LogP) is 4.09. The van der Waals surface area contributed by atoms with E-state index in [1.54, 1.807) is 13.3 Å². The molecule has 0 spiro atoms. The van der Waals surface area contributed by atoms with Crippen LogP contribution in [0.5, 0.6) is 11.6 Å². The number of methoxy groups -OCH3 is 1. The van der Waals surface area contributed by atoms with Gasteiger partial charge in [-0.05, 0) is 30.3 Å². The molecule has 0 bridgehead atoms. The number of hydrogen-bond donors (Lipinski definition) is 1. The fraction of sp³-hybridized carbons (Fsp3) is 0.167. The van der Waals surface area contributed by atoms with Crippen LogP contribution in [0.15, 0.2) is 60.8 Å². The van der Waals surface area contributed by atoms with Crippen LogP contribution in [-0.2, 0) is 4.74 Å². The zero-order chi connectivity index (χ0) is 15.2. The van der Waals surface area contributed by atoms with Crippen LogP contribution >= 0.6 is 0 Å². The summed E-state index contributed by atoms with van der Waals surface area (Å²) < 4.78 is 11.0. The van der Waals surface area contributed by atoms with Crippen molar-refractivity contribution in [2.75, 3.05) is 25.6 Å². The second-order valence-electron chi connectivity index (χ2n) is 4.85. The maximum absolute atomic E-state index is 5.91. The van der Waals surface area contributed by atoms with Gasteiger partial charge in [-0.25, -0.2) is 4.98 Å². The molecular weight excluding hydrogens is 276 g/mol. The van der Waals surface area contributed by atoms with E-state index in [1.165, 1.54) is 0 Å². The lowest BCUT2D eigenvalue weighted by Gasteiger charge is -2.12. The topological polar surface area (TPSA) is 43.4 Å². The molecule has 1 N–H and O–H groups in total. The molecule has 1 aromatic heterocycles. The molecule has 4 nitrogen and oxygen atoms in total. The van der Waals surface area contributed by atoms with Crippen molar-refractivity contribution in [3.63, 3.8) is 0 Å². The summed E-state index contributed by atoms with van der Waals surface area (Å²) in [5.41, 5.74) is 1.05. The molecule has 0 unspecified atom stereocenters. The Hall–Kier alpha value is -2.59. The van der Waals surface area contributed by atoms with E-state index in [-0.39, 0.29) is 0 Å². The standard InChI is InChI=1S/C18H18N2O2/c1-21-13-12-19-17-9-5-8-16-15(17)10-11-20-18(16)22-14-6-3-2-4-7-14/h2-11,19H,12-13H2,1H3. The van der Waals surface area contributed by atoms with Gasteiger partial charge in [-0.3, -0.25) is 0 Å². The Morgan fingerprint density at radius 3 is 2.64 bits per heavy atom. The second-order valence-corrected chi connectivity index (χ2v) is 4.85. The van der Waals surface area contributed by atoms with Crippen molar-refractivity contribution in [1.29, 1.82) is 0 Å². The van der Waals surface area contributed by atoms with Gasteiger partial charge in [0, 0.05) is 36.3 Å². The highest BCUT2D eigenvalue weighted by Crippen LogP contribution is 2.31. The molecule has 112 valence electrons. The highest BCUT2D eigenvalue weighted by Gasteiger charge is 2.07. The molecule has 0 atom stereocenters. The van der Waals surface area contributed by atoms with E-state index >= 15 is 0 Å². The number of aromatic nitrogens is 1. The number of benzene rings is 2. The first kappa shape index (κ1) is 14.4. The van der Waals surface area contributed by atoms with Crippen molar-refractivity contribution >= 4 is 16.5 Å². The molecule has 4 heteroatoms. The number of para-hydroxylation sites is 1. The number of ether oxygens (including phenoxy) is 2. The lowest BCUT2D eigenvalue weighted by atomic mass is 10.1. The van der Waals surface area contributed by atoms with Gasteiger partial charge in [-0.2, -0.15) is 0 Å². The molecule has 2 aromatic carbocycles. The zero-order valence-electron chi connectivity index (χ0n) is 12.5. The van der Waals surface area contributed by atoms with E-state index in [1.807, 2.05) is 54.6 Å². The summed E-state index contributed by atoms with van der Waals surface area (Å²) in [5, 5.41) is 5.43. The summed E-state index contributed by atoms with van der Waals surface area (Å²) in [7, 11) is 1.69. The minimum atomic E-state index is 0.610. The fourth-order valence-corrected chi connectivity index (χ4v) is 2.30. The van der Waals surface area contributed by atoms with Gasteiger partial charge in [0.05, 0.1) is 6.61 Å². The van der Waals surface area contributed by atoms with Crippen LogP contribution in [0.4, 0.5) is 5.69 Å². The van der Waals surface area contributed by atoms with Crippen molar-refractivity contribution in [3.8, 4) is 11.6 Å². The Kier molecular flexibility index (Phi) is 4.51. The number of pyridine rings is 1. The first-order chi connectivity index (χ1) is 10.9. The van der Waals surface area contributed by atoms with E-state index in [2.05, 4.69) is 10.3 Å². The molecule has 0 saturated carbocycles.